The molecule has 9 nitrogen and oxygen atoms in total. The molecule has 0 saturated heterocycles. The van der Waals surface area contributed by atoms with Crippen LogP contribution in [0.2, 0.25) is 0 Å². The number of carbonyl (C=O) groups is 1. The molecule has 5 aromatic rings. The Kier molecular flexibility index (Phi) is 6.86. The van der Waals surface area contributed by atoms with Gasteiger partial charge < -0.3 is 23.6 Å². The zero-order chi connectivity index (χ0) is 27.6. The van der Waals surface area contributed by atoms with Gasteiger partial charge in [0.1, 0.15) is 29.5 Å². The number of fused-ring (bicyclic) bond motifs is 4. The van der Waals surface area contributed by atoms with Crippen molar-refractivity contribution in [3.05, 3.63) is 82.9 Å². The fourth-order valence-electron chi connectivity index (χ4n) is 5.46. The number of phenols is 1. The molecule has 204 valence electrons. The number of aromatic hydroxyl groups is 1. The highest BCUT2D eigenvalue weighted by Crippen LogP contribution is 2.36. The Morgan fingerprint density at radius 1 is 1.10 bits per heavy atom. The van der Waals surface area contributed by atoms with E-state index in [4.69, 9.17) is 18.9 Å². The van der Waals surface area contributed by atoms with E-state index in [1.54, 1.807) is 26.4 Å². The number of amides is 1. The van der Waals surface area contributed by atoms with Crippen LogP contribution in [-0.2, 0) is 30.6 Å². The summed E-state index contributed by atoms with van der Waals surface area (Å²) in [5, 5.41) is 15.7. The molecule has 2 N–H and O–H groups in total. The molecule has 0 atom stereocenters. The molecule has 0 saturated carbocycles. The van der Waals surface area contributed by atoms with Gasteiger partial charge in [0.05, 0.1) is 31.5 Å². The third kappa shape index (κ3) is 4.75. The van der Waals surface area contributed by atoms with E-state index in [9.17, 15) is 9.90 Å². The third-order valence-electron chi connectivity index (χ3n) is 7.36. The quantitative estimate of drug-likeness (QED) is 0.209. The van der Waals surface area contributed by atoms with Crippen molar-refractivity contribution in [3.63, 3.8) is 0 Å². The largest absolute Gasteiger partial charge is 0.507 e. The summed E-state index contributed by atoms with van der Waals surface area (Å²) in [4.78, 5) is 17.9. The number of hydrogen-bond acceptors (Lipinski definition) is 7. The lowest BCUT2D eigenvalue weighted by molar-refractivity contribution is -0.121. The van der Waals surface area contributed by atoms with Crippen LogP contribution in [0.1, 0.15) is 41.1 Å². The van der Waals surface area contributed by atoms with Crippen LogP contribution in [0.5, 0.6) is 17.2 Å². The first-order chi connectivity index (χ1) is 19.6. The summed E-state index contributed by atoms with van der Waals surface area (Å²) in [6, 6.07) is 16.8. The fourth-order valence-corrected chi connectivity index (χ4v) is 5.46. The third-order valence-corrected chi connectivity index (χ3v) is 7.36. The molecular weight excluding hydrogens is 508 g/mol. The number of para-hydroxylation sites is 2. The van der Waals surface area contributed by atoms with Crippen molar-refractivity contribution >= 4 is 34.1 Å². The van der Waals surface area contributed by atoms with E-state index in [1.807, 2.05) is 47.0 Å². The summed E-state index contributed by atoms with van der Waals surface area (Å²) in [5.41, 5.74) is 7.64. The zero-order valence-electron chi connectivity index (χ0n) is 22.4. The molecule has 0 radical (unpaired) electrons. The maximum absolute atomic E-state index is 13.1. The highest BCUT2D eigenvalue weighted by molar-refractivity contribution is 6.03. The molecule has 0 unspecified atom stereocenters. The molecule has 0 spiro atoms. The molecule has 0 fully saturated rings. The number of imidazole rings is 1. The fraction of sp³-hybridized carbons (Fsp3) is 0.258. The van der Waals surface area contributed by atoms with Crippen LogP contribution < -0.4 is 14.9 Å². The molecule has 3 aromatic carbocycles. The van der Waals surface area contributed by atoms with E-state index in [0.29, 0.717) is 23.5 Å². The van der Waals surface area contributed by atoms with Crippen LogP contribution >= 0.6 is 0 Å². The molecule has 6 rings (SSSR count). The van der Waals surface area contributed by atoms with E-state index < -0.39 is 0 Å². The minimum Gasteiger partial charge on any atom is -0.507 e. The van der Waals surface area contributed by atoms with Crippen LogP contribution in [0.25, 0.3) is 22.0 Å². The maximum atomic E-state index is 13.1. The van der Waals surface area contributed by atoms with Gasteiger partial charge in [0, 0.05) is 29.4 Å². The number of ether oxygens (including phenoxy) is 2. The molecule has 2 aromatic heterocycles. The van der Waals surface area contributed by atoms with Crippen LogP contribution in [0, 0.1) is 0 Å². The normalized spacial score (nSPS) is 13.2. The number of benzene rings is 3. The second kappa shape index (κ2) is 10.8. The molecular formula is C31H30N4O5. The van der Waals surface area contributed by atoms with Crippen LogP contribution in [0.15, 0.2) is 64.1 Å². The van der Waals surface area contributed by atoms with E-state index in [2.05, 4.69) is 10.5 Å². The molecule has 40 heavy (non-hydrogen) atoms. The zero-order valence-corrected chi connectivity index (χ0v) is 22.4. The van der Waals surface area contributed by atoms with Gasteiger partial charge in [-0.2, -0.15) is 5.10 Å². The summed E-state index contributed by atoms with van der Waals surface area (Å²) in [6.07, 6.45) is 5.95. The predicted octanol–water partition coefficient (Wildman–Crippen LogP) is 5.13. The van der Waals surface area contributed by atoms with Gasteiger partial charge in [0.2, 0.25) is 0 Å². The van der Waals surface area contributed by atoms with Gasteiger partial charge in [-0.1, -0.05) is 18.2 Å². The van der Waals surface area contributed by atoms with Crippen molar-refractivity contribution in [2.24, 2.45) is 5.10 Å². The Hall–Kier alpha value is -4.79. The number of aryl methyl sites for hydroxylation is 2. The monoisotopic (exact) mass is 538 g/mol. The number of nitrogens with zero attached hydrogens (tertiary/aromatic N) is 3. The number of carbonyl (C=O) groups excluding carboxylic acids is 1. The summed E-state index contributed by atoms with van der Waals surface area (Å²) in [6.45, 7) is 0.0256. The highest BCUT2D eigenvalue weighted by Gasteiger charge is 2.21. The lowest BCUT2D eigenvalue weighted by Gasteiger charge is -2.11. The number of rotatable bonds is 8. The van der Waals surface area contributed by atoms with E-state index in [-0.39, 0.29) is 18.2 Å². The standard InChI is InChI=1S/C31H30N4O5/c1-38-26-13-11-19(15-28(26)39-2)16-29-33-22-8-4-5-9-23(22)35(29)18-30(37)34-32-17-21-24(36)12-14-27-31(21)20-7-3-6-10-25(20)40-27/h4-5,8-9,11-15,17,36H,3,6-7,10,16,18H2,1-2H3,(H,34,37). The Bertz CT molecular complexity index is 1750. The van der Waals surface area contributed by atoms with E-state index >= 15 is 0 Å². The van der Waals surface area contributed by atoms with Crippen molar-refractivity contribution in [2.45, 2.75) is 38.6 Å². The van der Waals surface area contributed by atoms with Crippen LogP contribution in [0.3, 0.4) is 0 Å². The summed E-state index contributed by atoms with van der Waals surface area (Å²) in [5.74, 6) is 2.77. The second-order valence-corrected chi connectivity index (χ2v) is 9.84. The lowest BCUT2D eigenvalue weighted by atomic mass is 9.94. The Morgan fingerprint density at radius 3 is 2.77 bits per heavy atom. The Balaban J connectivity index is 1.25. The van der Waals surface area contributed by atoms with Gasteiger partial charge >= 0.3 is 0 Å². The average Bonchev–Trinajstić information content (AvgIpc) is 3.52. The van der Waals surface area contributed by atoms with Gasteiger partial charge in [-0.3, -0.25) is 4.79 Å². The average molecular weight is 539 g/mol. The van der Waals surface area contributed by atoms with Crippen LogP contribution in [0.4, 0.5) is 0 Å². The highest BCUT2D eigenvalue weighted by atomic mass is 16.5. The van der Waals surface area contributed by atoms with E-state index in [1.165, 1.54) is 6.21 Å². The van der Waals surface area contributed by atoms with Crippen molar-refractivity contribution in [1.82, 2.24) is 15.0 Å². The SMILES string of the molecule is COc1ccc(Cc2nc3ccccc3n2CC(=O)NN=Cc2c(O)ccc3oc4c(c23)CCCC4)cc1OC. The molecule has 9 heteroatoms. The van der Waals surface area contributed by atoms with Gasteiger partial charge in [-0.25, -0.2) is 10.4 Å². The first-order valence-corrected chi connectivity index (χ1v) is 13.3. The number of methoxy groups -OCH3 is 2. The molecule has 1 aliphatic carbocycles. The number of nitrogens with one attached hydrogen (secondary N) is 1. The molecule has 1 amide bonds. The second-order valence-electron chi connectivity index (χ2n) is 9.84. The van der Waals surface area contributed by atoms with Crippen molar-refractivity contribution < 1.29 is 23.8 Å². The van der Waals surface area contributed by atoms with Gasteiger partial charge in [0.15, 0.2) is 11.5 Å². The topological polar surface area (TPSA) is 111 Å². The number of phenolic OH excluding ortho intramolecular Hbond substituents is 1. The first kappa shape index (κ1) is 25.5. The minimum atomic E-state index is -0.311. The number of hydrazone groups is 1. The van der Waals surface area contributed by atoms with Gasteiger partial charge in [-0.15, -0.1) is 0 Å². The number of furan rings is 1. The van der Waals surface area contributed by atoms with Crippen molar-refractivity contribution in [1.29, 1.82) is 0 Å². The Morgan fingerprint density at radius 2 is 1.93 bits per heavy atom. The van der Waals surface area contributed by atoms with Crippen LogP contribution in [-0.4, -0.2) is 41.0 Å². The van der Waals surface area contributed by atoms with E-state index in [0.717, 1.165) is 70.4 Å². The molecule has 1 aliphatic rings. The molecule has 0 bridgehead atoms. The number of hydrogen-bond donors (Lipinski definition) is 2. The minimum absolute atomic E-state index is 0.0256. The van der Waals surface area contributed by atoms with Gasteiger partial charge in [-0.05, 0) is 61.2 Å². The van der Waals surface area contributed by atoms with Gasteiger partial charge in [0.25, 0.3) is 5.91 Å². The summed E-state index contributed by atoms with van der Waals surface area (Å²) < 4.78 is 18.7. The molecule has 0 aliphatic heterocycles. The summed E-state index contributed by atoms with van der Waals surface area (Å²) in [7, 11) is 3.20. The lowest BCUT2D eigenvalue weighted by Crippen LogP contribution is -2.24. The number of aromatic nitrogens is 2. The molecule has 2 heterocycles. The predicted molar refractivity (Wildman–Crippen MR) is 152 cm³/mol. The maximum Gasteiger partial charge on any atom is 0.260 e. The van der Waals surface area contributed by atoms with Crippen molar-refractivity contribution in [2.75, 3.05) is 14.2 Å². The van der Waals surface area contributed by atoms with Crippen molar-refractivity contribution in [3.8, 4) is 17.2 Å². The Labute approximate surface area is 231 Å². The first-order valence-electron chi connectivity index (χ1n) is 13.3. The summed E-state index contributed by atoms with van der Waals surface area (Å²) >= 11 is 0. The smallest absolute Gasteiger partial charge is 0.260 e.